The molecule has 1 aliphatic heterocycles. The molecule has 0 aromatic heterocycles. The number of anilines is 1. The fraction of sp³-hybridized carbons (Fsp3) is 0.381. The van der Waals surface area contributed by atoms with Crippen molar-refractivity contribution in [1.82, 2.24) is 5.32 Å². The summed E-state index contributed by atoms with van der Waals surface area (Å²) in [5.74, 6) is 0.823. The lowest BCUT2D eigenvalue weighted by molar-refractivity contribution is -0.123. The summed E-state index contributed by atoms with van der Waals surface area (Å²) in [5, 5.41) is 2.77. The van der Waals surface area contributed by atoms with Crippen LogP contribution in [0.3, 0.4) is 0 Å². The van der Waals surface area contributed by atoms with E-state index < -0.39 is 10.0 Å². The third-order valence-corrected chi connectivity index (χ3v) is 5.87. The molecule has 0 bridgehead atoms. The topological polar surface area (TPSA) is 103 Å². The molecule has 2 aromatic carbocycles. The Labute approximate surface area is 176 Å². The van der Waals surface area contributed by atoms with Gasteiger partial charge in [-0.05, 0) is 68.3 Å². The normalized spacial score (nSPS) is 16.1. The van der Waals surface area contributed by atoms with Gasteiger partial charge in [0.1, 0.15) is 11.5 Å². The van der Waals surface area contributed by atoms with E-state index in [2.05, 4.69) is 10.0 Å². The lowest BCUT2D eigenvalue weighted by Gasteiger charge is -2.12. The van der Waals surface area contributed by atoms with Crippen LogP contribution in [0.2, 0.25) is 0 Å². The van der Waals surface area contributed by atoms with Gasteiger partial charge in [0.2, 0.25) is 0 Å². The molecule has 162 valence electrons. The number of rotatable bonds is 10. The van der Waals surface area contributed by atoms with Gasteiger partial charge in [-0.15, -0.1) is 0 Å². The highest BCUT2D eigenvalue weighted by molar-refractivity contribution is 7.92. The summed E-state index contributed by atoms with van der Waals surface area (Å²) in [6, 6.07) is 12.5. The van der Waals surface area contributed by atoms with Gasteiger partial charge >= 0.3 is 0 Å². The van der Waals surface area contributed by atoms with Gasteiger partial charge in [0.15, 0.2) is 6.61 Å². The lowest BCUT2D eigenvalue weighted by Crippen LogP contribution is -2.35. The maximum Gasteiger partial charge on any atom is 0.261 e. The second-order valence-electron chi connectivity index (χ2n) is 6.76. The van der Waals surface area contributed by atoms with E-state index in [0.29, 0.717) is 30.3 Å². The number of ether oxygens (including phenoxy) is 3. The van der Waals surface area contributed by atoms with Crippen LogP contribution in [0.4, 0.5) is 5.69 Å². The van der Waals surface area contributed by atoms with Crippen LogP contribution in [0.1, 0.15) is 19.8 Å². The van der Waals surface area contributed by atoms with Crippen LogP contribution in [0.15, 0.2) is 53.4 Å². The standard InChI is InChI=1S/C21H26N2O6S/c1-2-27-17-7-5-16(6-8-17)23-30(25,26)20-11-9-18(10-12-20)29-15-21(24)22-14-19-4-3-13-28-19/h5-12,19,23H,2-4,13-15H2,1H3,(H,22,24)/t19-/m1/s1. The third-order valence-electron chi connectivity index (χ3n) is 4.47. The molecule has 0 saturated carbocycles. The first-order chi connectivity index (χ1) is 14.5. The molecule has 3 rings (SSSR count). The zero-order chi connectivity index (χ0) is 21.4. The van der Waals surface area contributed by atoms with E-state index in [-0.39, 0.29) is 23.5 Å². The van der Waals surface area contributed by atoms with Crippen LogP contribution in [-0.2, 0) is 19.6 Å². The zero-order valence-electron chi connectivity index (χ0n) is 16.8. The quantitative estimate of drug-likeness (QED) is 0.596. The van der Waals surface area contributed by atoms with E-state index >= 15 is 0 Å². The first-order valence-electron chi connectivity index (χ1n) is 9.83. The first kappa shape index (κ1) is 21.9. The molecule has 8 nitrogen and oxygen atoms in total. The maximum atomic E-state index is 12.5. The SMILES string of the molecule is CCOc1ccc(NS(=O)(=O)c2ccc(OCC(=O)NC[C@H]3CCCO3)cc2)cc1. The second-order valence-corrected chi connectivity index (χ2v) is 8.44. The lowest BCUT2D eigenvalue weighted by atomic mass is 10.2. The summed E-state index contributed by atoms with van der Waals surface area (Å²) in [4.78, 5) is 12.0. The average Bonchev–Trinajstić information content (AvgIpc) is 3.26. The van der Waals surface area contributed by atoms with Crippen molar-refractivity contribution in [3.63, 3.8) is 0 Å². The molecule has 0 spiro atoms. The molecule has 0 unspecified atom stereocenters. The molecule has 1 saturated heterocycles. The van der Waals surface area contributed by atoms with Gasteiger partial charge in [0.05, 0.1) is 17.6 Å². The number of carbonyl (C=O) groups is 1. The van der Waals surface area contributed by atoms with Crippen LogP contribution in [0.5, 0.6) is 11.5 Å². The molecule has 2 N–H and O–H groups in total. The van der Waals surface area contributed by atoms with Crippen LogP contribution < -0.4 is 19.5 Å². The Morgan fingerprint density at radius 1 is 1.07 bits per heavy atom. The van der Waals surface area contributed by atoms with Crippen molar-refractivity contribution < 1.29 is 27.4 Å². The summed E-state index contributed by atoms with van der Waals surface area (Å²) in [5.41, 5.74) is 0.432. The molecule has 1 atom stereocenters. The van der Waals surface area contributed by atoms with Gasteiger partial charge in [-0.1, -0.05) is 0 Å². The number of benzene rings is 2. The van der Waals surface area contributed by atoms with Gasteiger partial charge < -0.3 is 19.5 Å². The number of hydrogen-bond donors (Lipinski definition) is 2. The van der Waals surface area contributed by atoms with E-state index in [4.69, 9.17) is 14.2 Å². The number of sulfonamides is 1. The zero-order valence-corrected chi connectivity index (χ0v) is 17.6. The van der Waals surface area contributed by atoms with Crippen LogP contribution in [-0.4, -0.2) is 46.8 Å². The Bertz CT molecular complexity index is 923. The van der Waals surface area contributed by atoms with Crippen molar-refractivity contribution in [2.75, 3.05) is 31.1 Å². The Hall–Kier alpha value is -2.78. The Kier molecular flexibility index (Phi) is 7.53. The summed E-state index contributed by atoms with van der Waals surface area (Å²) in [7, 11) is -3.74. The van der Waals surface area contributed by atoms with Crippen LogP contribution in [0.25, 0.3) is 0 Å². The summed E-state index contributed by atoms with van der Waals surface area (Å²) in [6.45, 7) is 3.47. The van der Waals surface area contributed by atoms with E-state index in [1.54, 1.807) is 24.3 Å². The predicted octanol–water partition coefficient (Wildman–Crippen LogP) is 2.56. The highest BCUT2D eigenvalue weighted by Crippen LogP contribution is 2.21. The van der Waals surface area contributed by atoms with Crippen LogP contribution >= 0.6 is 0 Å². The average molecular weight is 435 g/mol. The largest absolute Gasteiger partial charge is 0.494 e. The molecule has 30 heavy (non-hydrogen) atoms. The van der Waals surface area contributed by atoms with Crippen molar-refractivity contribution in [2.45, 2.75) is 30.8 Å². The number of nitrogens with one attached hydrogen (secondary N) is 2. The van der Waals surface area contributed by atoms with Crippen molar-refractivity contribution in [2.24, 2.45) is 0 Å². The molecular formula is C21H26N2O6S. The van der Waals surface area contributed by atoms with Crippen molar-refractivity contribution in [3.8, 4) is 11.5 Å². The van der Waals surface area contributed by atoms with E-state index in [0.717, 1.165) is 19.4 Å². The molecule has 1 fully saturated rings. The minimum Gasteiger partial charge on any atom is -0.494 e. The minimum atomic E-state index is -3.74. The molecule has 9 heteroatoms. The van der Waals surface area contributed by atoms with Gasteiger partial charge in [-0.2, -0.15) is 0 Å². The highest BCUT2D eigenvalue weighted by atomic mass is 32.2. The molecule has 2 aromatic rings. The summed E-state index contributed by atoms with van der Waals surface area (Å²) >= 11 is 0. The van der Waals surface area contributed by atoms with Crippen molar-refractivity contribution in [3.05, 3.63) is 48.5 Å². The Morgan fingerprint density at radius 2 is 1.73 bits per heavy atom. The molecule has 1 heterocycles. The van der Waals surface area contributed by atoms with Crippen molar-refractivity contribution >= 4 is 21.6 Å². The Morgan fingerprint density at radius 3 is 2.37 bits per heavy atom. The second kappa shape index (κ2) is 10.3. The van der Waals surface area contributed by atoms with Crippen molar-refractivity contribution in [1.29, 1.82) is 0 Å². The summed E-state index contributed by atoms with van der Waals surface area (Å²) < 4.78 is 43.8. The van der Waals surface area contributed by atoms with Gasteiger partial charge in [-0.25, -0.2) is 8.42 Å². The predicted molar refractivity (Wildman–Crippen MR) is 112 cm³/mol. The van der Waals surface area contributed by atoms with Crippen LogP contribution in [0, 0.1) is 0 Å². The van der Waals surface area contributed by atoms with Gasteiger partial charge in [0, 0.05) is 18.8 Å². The van der Waals surface area contributed by atoms with E-state index in [1.807, 2.05) is 6.92 Å². The monoisotopic (exact) mass is 434 g/mol. The molecular weight excluding hydrogens is 408 g/mol. The van der Waals surface area contributed by atoms with E-state index in [1.165, 1.54) is 24.3 Å². The highest BCUT2D eigenvalue weighted by Gasteiger charge is 2.17. The first-order valence-corrected chi connectivity index (χ1v) is 11.3. The maximum absolute atomic E-state index is 12.5. The number of carbonyl (C=O) groups excluding carboxylic acids is 1. The number of hydrogen-bond acceptors (Lipinski definition) is 6. The fourth-order valence-electron chi connectivity index (χ4n) is 2.95. The minimum absolute atomic E-state index is 0.0707. The molecule has 1 aliphatic rings. The molecule has 0 radical (unpaired) electrons. The Balaban J connectivity index is 1.50. The smallest absolute Gasteiger partial charge is 0.261 e. The van der Waals surface area contributed by atoms with E-state index in [9.17, 15) is 13.2 Å². The third kappa shape index (κ3) is 6.36. The van der Waals surface area contributed by atoms with Gasteiger partial charge in [0.25, 0.3) is 15.9 Å². The molecule has 0 aliphatic carbocycles. The fourth-order valence-corrected chi connectivity index (χ4v) is 4.01. The summed E-state index contributed by atoms with van der Waals surface area (Å²) in [6.07, 6.45) is 2.03. The number of amides is 1. The molecule has 1 amide bonds. The van der Waals surface area contributed by atoms with Gasteiger partial charge in [-0.3, -0.25) is 9.52 Å².